The van der Waals surface area contributed by atoms with Crippen molar-refractivity contribution in [1.29, 1.82) is 0 Å². The summed E-state index contributed by atoms with van der Waals surface area (Å²) in [5.74, 6) is 1.13. The minimum atomic E-state index is 0. The van der Waals surface area contributed by atoms with Gasteiger partial charge < -0.3 is 15.0 Å². The van der Waals surface area contributed by atoms with Crippen LogP contribution in [0.5, 0.6) is 0 Å². The highest BCUT2D eigenvalue weighted by atomic mass is 127. The number of ether oxygens (including phenoxy) is 1. The maximum absolute atomic E-state index is 5.39. The van der Waals surface area contributed by atoms with Crippen LogP contribution in [0.4, 0.5) is 0 Å². The molecular weight excluding hydrogens is 391 g/mol. The van der Waals surface area contributed by atoms with E-state index >= 15 is 0 Å². The molecule has 0 amide bonds. The summed E-state index contributed by atoms with van der Waals surface area (Å²) in [7, 11) is 0. The summed E-state index contributed by atoms with van der Waals surface area (Å²) in [4.78, 5) is 9.80. The number of guanidine groups is 1. The third kappa shape index (κ3) is 4.47. The maximum atomic E-state index is 5.39. The molecule has 0 aromatic heterocycles. The van der Waals surface area contributed by atoms with E-state index in [-0.39, 0.29) is 24.0 Å². The topological polar surface area (TPSA) is 40.1 Å². The Hall–Kier alpha value is -0.0800. The van der Waals surface area contributed by atoms with Crippen LogP contribution in [-0.2, 0) is 4.74 Å². The largest absolute Gasteiger partial charge is 0.379 e. The fourth-order valence-corrected chi connectivity index (χ4v) is 3.75. The van der Waals surface area contributed by atoms with E-state index in [1.807, 2.05) is 0 Å². The molecule has 1 spiro atoms. The molecule has 0 radical (unpaired) electrons. The Morgan fingerprint density at radius 2 is 1.95 bits per heavy atom. The molecular formula is C16H31IN4O. The molecule has 22 heavy (non-hydrogen) atoms. The van der Waals surface area contributed by atoms with Gasteiger partial charge in [-0.2, -0.15) is 0 Å². The molecule has 0 bridgehead atoms. The van der Waals surface area contributed by atoms with Crippen molar-refractivity contribution < 1.29 is 4.74 Å². The monoisotopic (exact) mass is 422 g/mol. The van der Waals surface area contributed by atoms with E-state index in [1.54, 1.807) is 0 Å². The third-order valence-corrected chi connectivity index (χ3v) is 5.27. The van der Waals surface area contributed by atoms with Gasteiger partial charge in [-0.1, -0.05) is 6.42 Å². The predicted octanol–water partition coefficient (Wildman–Crippen LogP) is 1.78. The molecule has 3 aliphatic rings. The Kier molecular flexibility index (Phi) is 7.21. The van der Waals surface area contributed by atoms with Crippen LogP contribution in [0.25, 0.3) is 0 Å². The zero-order chi connectivity index (χ0) is 14.5. The molecule has 6 heteroatoms. The van der Waals surface area contributed by atoms with Crippen LogP contribution in [0.15, 0.2) is 4.99 Å². The van der Waals surface area contributed by atoms with Crippen LogP contribution in [0.1, 0.15) is 32.6 Å². The van der Waals surface area contributed by atoms with Gasteiger partial charge in [0.1, 0.15) is 0 Å². The summed E-state index contributed by atoms with van der Waals surface area (Å²) in [6.07, 6.45) is 5.65. The molecule has 0 aromatic carbocycles. The number of halogens is 1. The van der Waals surface area contributed by atoms with Gasteiger partial charge in [0.05, 0.1) is 19.8 Å². The smallest absolute Gasteiger partial charge is 0.193 e. The molecule has 3 fully saturated rings. The molecule has 1 aliphatic carbocycles. The van der Waals surface area contributed by atoms with Crippen molar-refractivity contribution in [1.82, 2.24) is 15.1 Å². The van der Waals surface area contributed by atoms with Gasteiger partial charge in [0.15, 0.2) is 5.96 Å². The van der Waals surface area contributed by atoms with E-state index in [0.717, 1.165) is 51.9 Å². The van der Waals surface area contributed by atoms with Crippen molar-refractivity contribution in [2.24, 2.45) is 10.4 Å². The standard InChI is InChI=1S/C16H30N4O.HI/c1-2-17-15(18-7-9-19-10-12-21-13-11-19)20-8-6-16(14-20)4-3-5-16;/h2-14H2,1H3,(H,17,18);1H. The zero-order valence-corrected chi connectivity index (χ0v) is 16.2. The van der Waals surface area contributed by atoms with Crippen LogP contribution in [0.2, 0.25) is 0 Å². The highest BCUT2D eigenvalue weighted by Gasteiger charge is 2.43. The lowest BCUT2D eigenvalue weighted by Gasteiger charge is -2.38. The van der Waals surface area contributed by atoms with Crippen LogP contribution in [-0.4, -0.2) is 74.8 Å². The van der Waals surface area contributed by atoms with Crippen LogP contribution in [0.3, 0.4) is 0 Å². The minimum absolute atomic E-state index is 0. The number of hydrogen-bond donors (Lipinski definition) is 1. The number of hydrogen-bond acceptors (Lipinski definition) is 3. The van der Waals surface area contributed by atoms with Gasteiger partial charge in [0, 0.05) is 39.3 Å². The van der Waals surface area contributed by atoms with Crippen molar-refractivity contribution >= 4 is 29.9 Å². The van der Waals surface area contributed by atoms with E-state index in [9.17, 15) is 0 Å². The first-order chi connectivity index (χ1) is 10.3. The number of aliphatic imine (C=N–C) groups is 1. The highest BCUT2D eigenvalue weighted by Crippen LogP contribution is 2.47. The molecule has 0 atom stereocenters. The summed E-state index contributed by atoms with van der Waals surface area (Å²) >= 11 is 0. The average Bonchev–Trinajstić information content (AvgIpc) is 2.93. The normalized spacial score (nSPS) is 25.0. The molecule has 2 saturated heterocycles. The molecule has 3 rings (SSSR count). The van der Waals surface area contributed by atoms with Gasteiger partial charge in [-0.25, -0.2) is 0 Å². The fourth-order valence-electron chi connectivity index (χ4n) is 3.75. The molecule has 2 heterocycles. The average molecular weight is 422 g/mol. The van der Waals surface area contributed by atoms with Crippen LogP contribution < -0.4 is 5.32 Å². The van der Waals surface area contributed by atoms with Gasteiger partial charge in [0.25, 0.3) is 0 Å². The van der Waals surface area contributed by atoms with Crippen molar-refractivity contribution in [3.8, 4) is 0 Å². The summed E-state index contributed by atoms with van der Waals surface area (Å²) in [6.45, 7) is 11.3. The number of nitrogens with zero attached hydrogens (tertiary/aromatic N) is 3. The Labute approximate surface area is 151 Å². The Morgan fingerprint density at radius 1 is 1.18 bits per heavy atom. The third-order valence-electron chi connectivity index (χ3n) is 5.27. The first-order valence-electron chi connectivity index (χ1n) is 8.65. The highest BCUT2D eigenvalue weighted by molar-refractivity contribution is 14.0. The fraction of sp³-hybridized carbons (Fsp3) is 0.938. The van der Waals surface area contributed by atoms with E-state index in [1.165, 1.54) is 38.8 Å². The Morgan fingerprint density at radius 3 is 2.55 bits per heavy atom. The predicted molar refractivity (Wildman–Crippen MR) is 101 cm³/mol. The quantitative estimate of drug-likeness (QED) is 0.426. The number of likely N-dealkylation sites (tertiary alicyclic amines) is 1. The lowest BCUT2D eigenvalue weighted by Crippen LogP contribution is -2.43. The van der Waals surface area contributed by atoms with Crippen molar-refractivity contribution in [2.45, 2.75) is 32.6 Å². The maximum Gasteiger partial charge on any atom is 0.193 e. The summed E-state index contributed by atoms with van der Waals surface area (Å²) in [5, 5.41) is 3.48. The second kappa shape index (κ2) is 8.68. The first kappa shape index (κ1) is 18.3. The van der Waals surface area contributed by atoms with Crippen molar-refractivity contribution in [2.75, 3.05) is 59.0 Å². The number of rotatable bonds is 4. The molecule has 1 N–H and O–H groups in total. The number of nitrogens with one attached hydrogen (secondary N) is 1. The molecule has 0 aromatic rings. The lowest BCUT2D eigenvalue weighted by molar-refractivity contribution is 0.0394. The van der Waals surface area contributed by atoms with Gasteiger partial charge in [-0.15, -0.1) is 24.0 Å². The van der Waals surface area contributed by atoms with E-state index in [0.29, 0.717) is 5.41 Å². The van der Waals surface area contributed by atoms with Crippen molar-refractivity contribution in [3.05, 3.63) is 0 Å². The van der Waals surface area contributed by atoms with Crippen LogP contribution >= 0.6 is 24.0 Å². The van der Waals surface area contributed by atoms with E-state index in [4.69, 9.17) is 9.73 Å². The SMILES string of the molecule is CCNC(=NCCN1CCOCC1)N1CCC2(CCC2)C1.I. The molecule has 5 nitrogen and oxygen atoms in total. The molecule has 2 aliphatic heterocycles. The van der Waals surface area contributed by atoms with Gasteiger partial charge in [-0.05, 0) is 31.6 Å². The zero-order valence-electron chi connectivity index (χ0n) is 13.9. The van der Waals surface area contributed by atoms with Gasteiger partial charge in [-0.3, -0.25) is 9.89 Å². The molecule has 128 valence electrons. The lowest BCUT2D eigenvalue weighted by atomic mass is 9.68. The number of morpholine rings is 1. The van der Waals surface area contributed by atoms with Crippen molar-refractivity contribution in [3.63, 3.8) is 0 Å². The van der Waals surface area contributed by atoms with E-state index < -0.39 is 0 Å². The summed E-state index contributed by atoms with van der Waals surface area (Å²) < 4.78 is 5.39. The second-order valence-corrected chi connectivity index (χ2v) is 6.71. The molecule has 1 saturated carbocycles. The Balaban J connectivity index is 0.00000176. The minimum Gasteiger partial charge on any atom is -0.379 e. The molecule has 0 unspecified atom stereocenters. The first-order valence-corrected chi connectivity index (χ1v) is 8.65. The van der Waals surface area contributed by atoms with Gasteiger partial charge >= 0.3 is 0 Å². The Bertz CT molecular complexity index is 367. The van der Waals surface area contributed by atoms with Crippen LogP contribution in [0, 0.1) is 5.41 Å². The summed E-state index contributed by atoms with van der Waals surface area (Å²) in [5.41, 5.74) is 0.639. The second-order valence-electron chi connectivity index (χ2n) is 6.71. The van der Waals surface area contributed by atoms with E-state index in [2.05, 4.69) is 22.0 Å². The summed E-state index contributed by atoms with van der Waals surface area (Å²) in [6, 6.07) is 0. The van der Waals surface area contributed by atoms with Gasteiger partial charge in [0.2, 0.25) is 0 Å².